The van der Waals surface area contributed by atoms with Crippen molar-refractivity contribution in [3.05, 3.63) is 118 Å². The van der Waals surface area contributed by atoms with Gasteiger partial charge in [0.25, 0.3) is 21.6 Å². The number of piperazine rings is 1. The Labute approximate surface area is 483 Å². The van der Waals surface area contributed by atoms with E-state index in [0.29, 0.717) is 80.8 Å². The third-order valence-electron chi connectivity index (χ3n) is 18.4. The molecule has 1 amide bonds. The zero-order valence-electron chi connectivity index (χ0n) is 47.0. The first-order chi connectivity index (χ1) is 40.4. The maximum absolute atomic E-state index is 14.8. The Hall–Kier alpha value is -7.15. The van der Waals surface area contributed by atoms with E-state index in [1.807, 2.05) is 29.3 Å². The highest BCUT2D eigenvalue weighted by Gasteiger charge is 2.50. The summed E-state index contributed by atoms with van der Waals surface area (Å²) < 4.78 is 60.1. The van der Waals surface area contributed by atoms with Crippen LogP contribution in [-0.4, -0.2) is 166 Å². The summed E-state index contributed by atoms with van der Waals surface area (Å²) in [5, 5.41) is 16.4. The van der Waals surface area contributed by atoms with Crippen molar-refractivity contribution in [2.75, 3.05) is 119 Å². The van der Waals surface area contributed by atoms with E-state index in [9.17, 15) is 23.3 Å². The molecule has 6 fully saturated rings. The first kappa shape index (κ1) is 55.1. The number of hydrogen-bond donors (Lipinski definition) is 3. The molecule has 22 nitrogen and oxygen atoms in total. The van der Waals surface area contributed by atoms with Crippen molar-refractivity contribution in [3.8, 4) is 11.6 Å². The number of nitrogens with zero attached hydrogens (tertiary/aromatic N) is 9. The maximum Gasteiger partial charge on any atom is 0.293 e. The van der Waals surface area contributed by atoms with Crippen LogP contribution in [0.15, 0.2) is 90.2 Å². The Balaban J connectivity index is 0.740. The number of nitro benzene ring substituents is 1. The second kappa shape index (κ2) is 23.1. The number of carbonyl (C=O) groups excluding carboxylic acids is 1. The fourth-order valence-electron chi connectivity index (χ4n) is 13.8. The van der Waals surface area contributed by atoms with Crippen LogP contribution in [0.2, 0.25) is 0 Å². The highest BCUT2D eigenvalue weighted by molar-refractivity contribution is 7.90. The quantitative estimate of drug-likeness (QED) is 0.0672. The molecule has 83 heavy (non-hydrogen) atoms. The molecule has 0 unspecified atom stereocenters. The summed E-state index contributed by atoms with van der Waals surface area (Å²) in [4.78, 5) is 55.9. The normalized spacial score (nSPS) is 22.6. The average molecular weight is 1150 g/mol. The summed E-state index contributed by atoms with van der Waals surface area (Å²) in [6.07, 6.45) is 11.1. The molecular weight excluding hydrogens is 1080 g/mol. The van der Waals surface area contributed by atoms with Gasteiger partial charge >= 0.3 is 0 Å². The molecule has 1 saturated carbocycles. The first-order valence-electron chi connectivity index (χ1n) is 29.2. The lowest BCUT2D eigenvalue weighted by molar-refractivity contribution is -0.384. The smallest absolute Gasteiger partial charge is 0.293 e. The summed E-state index contributed by atoms with van der Waals surface area (Å²) in [7, 11) is -2.93. The van der Waals surface area contributed by atoms with E-state index < -0.39 is 37.5 Å². The van der Waals surface area contributed by atoms with E-state index in [0.717, 1.165) is 119 Å². The van der Waals surface area contributed by atoms with Gasteiger partial charge in [0.15, 0.2) is 11.6 Å². The molecule has 1 spiro atoms. The van der Waals surface area contributed by atoms with Crippen LogP contribution in [0.4, 0.5) is 34.4 Å². The largest absolute Gasteiger partial charge is 0.493 e. The molecule has 10 heterocycles. The molecule has 3 atom stereocenters. The molecule has 4 aromatic heterocycles. The molecule has 5 saturated heterocycles. The van der Waals surface area contributed by atoms with Crippen molar-refractivity contribution in [2.45, 2.75) is 87.5 Å². The number of fused-ring (bicyclic) bond motifs is 3. The van der Waals surface area contributed by atoms with Gasteiger partial charge in [-0.15, -0.1) is 0 Å². The lowest BCUT2D eigenvalue weighted by Gasteiger charge is -2.58. The van der Waals surface area contributed by atoms with E-state index in [2.05, 4.69) is 71.9 Å². The number of nitrogens with one attached hydrogen (secondary N) is 3. The van der Waals surface area contributed by atoms with Gasteiger partial charge in [0.05, 0.1) is 54.0 Å². The van der Waals surface area contributed by atoms with Gasteiger partial charge in [-0.2, -0.15) is 4.98 Å². The number of H-pyrrole nitrogens is 1. The molecule has 6 aliphatic heterocycles. The van der Waals surface area contributed by atoms with Crippen LogP contribution in [-0.2, 0) is 30.8 Å². The third-order valence-corrected chi connectivity index (χ3v) is 19.8. The monoisotopic (exact) mass is 1150 g/mol. The number of anilines is 5. The second-order valence-corrected chi connectivity index (χ2v) is 25.1. The van der Waals surface area contributed by atoms with Crippen molar-refractivity contribution in [1.29, 1.82) is 0 Å². The lowest BCUT2D eigenvalue weighted by atomic mass is 9.59. The Kier molecular flexibility index (Phi) is 15.3. The van der Waals surface area contributed by atoms with Gasteiger partial charge in [-0.05, 0) is 110 Å². The molecule has 13 rings (SSSR count). The van der Waals surface area contributed by atoms with Gasteiger partial charge in [0, 0.05) is 127 Å². The van der Waals surface area contributed by atoms with E-state index in [-0.39, 0.29) is 41.3 Å². The van der Waals surface area contributed by atoms with E-state index in [1.54, 1.807) is 13.3 Å². The van der Waals surface area contributed by atoms with Gasteiger partial charge in [-0.1, -0.05) is 24.3 Å². The number of aromatic amines is 1. The number of aryl methyl sites for hydroxylation is 1. The van der Waals surface area contributed by atoms with Crippen LogP contribution in [0, 0.1) is 28.4 Å². The highest BCUT2D eigenvalue weighted by atomic mass is 32.2. The molecule has 23 heteroatoms. The minimum Gasteiger partial charge on any atom is -0.493 e. The van der Waals surface area contributed by atoms with Crippen molar-refractivity contribution >= 4 is 61.3 Å². The Morgan fingerprint density at radius 1 is 0.880 bits per heavy atom. The second-order valence-electron chi connectivity index (χ2n) is 23.4. The van der Waals surface area contributed by atoms with Crippen molar-refractivity contribution < 1.29 is 41.8 Å². The van der Waals surface area contributed by atoms with Crippen molar-refractivity contribution in [3.63, 3.8) is 0 Å². The number of hydrogen-bond acceptors (Lipinski definition) is 19. The number of amides is 1. The van der Waals surface area contributed by atoms with Crippen molar-refractivity contribution in [1.82, 2.24) is 34.5 Å². The zero-order valence-corrected chi connectivity index (χ0v) is 47.9. The number of benzene rings is 2. The number of piperidine rings is 1. The van der Waals surface area contributed by atoms with Crippen LogP contribution in [0.25, 0.3) is 11.0 Å². The van der Waals surface area contributed by atoms with E-state index >= 15 is 0 Å². The van der Waals surface area contributed by atoms with Crippen LogP contribution in [0.3, 0.4) is 0 Å². The number of methoxy groups -OCH3 is 1. The molecule has 2 aromatic carbocycles. The van der Waals surface area contributed by atoms with Gasteiger partial charge in [0.1, 0.15) is 28.9 Å². The summed E-state index contributed by atoms with van der Waals surface area (Å²) in [5.41, 5.74) is 5.45. The zero-order chi connectivity index (χ0) is 56.8. The van der Waals surface area contributed by atoms with E-state index in [1.165, 1.54) is 29.5 Å². The standard InChI is InChI=1S/C60H72N12O10S/c1-39-5-3-4-6-45(39)52-37-67(36-41-27-53(78-2)57(64-34-41)69-20-25-80-26-21-69)18-19-70(52)43-31-60(32-43)13-16-68(17-14-60)55-30-49(71-48-12-24-81-38-54(48)82-59-51(71)28-42-9-15-61-56(42)65-59)46(35-63-55)58(73)66-83(76,77)44-7-8-47(50(29-44)72(74)75)62-33-40-10-22-79-23-11-40/h3-9,15,27-30,34-35,40,43,48,52,54,62H,10-14,16-26,31-33,36-38H2,1-2H3,(H,61,65)(H,66,73)/t48-,52-,54-/m0/s1. The summed E-state index contributed by atoms with van der Waals surface area (Å²) in [5.74, 6) is 2.00. The molecular formula is C60H72N12O10S. The Morgan fingerprint density at radius 2 is 1.67 bits per heavy atom. The maximum atomic E-state index is 14.8. The average Bonchev–Trinajstić information content (AvgIpc) is 4.16. The molecule has 438 valence electrons. The topological polar surface area (TPSA) is 235 Å². The number of aromatic nitrogens is 4. The third kappa shape index (κ3) is 11.1. The summed E-state index contributed by atoms with van der Waals surface area (Å²) >= 11 is 0. The van der Waals surface area contributed by atoms with Gasteiger partial charge < -0.3 is 48.7 Å². The first-order valence-corrected chi connectivity index (χ1v) is 30.7. The highest BCUT2D eigenvalue weighted by Crippen LogP contribution is 2.54. The van der Waals surface area contributed by atoms with Gasteiger partial charge in [-0.3, -0.25) is 24.7 Å². The molecule has 7 aliphatic rings. The molecule has 6 aromatic rings. The number of pyridine rings is 3. The number of ether oxygens (including phenoxy) is 5. The fraction of sp³-hybridized carbons (Fsp3) is 0.500. The van der Waals surface area contributed by atoms with Crippen LogP contribution in [0.1, 0.15) is 78.0 Å². The van der Waals surface area contributed by atoms with Crippen LogP contribution in [0.5, 0.6) is 11.6 Å². The number of morpholine rings is 1. The number of rotatable bonds is 15. The molecule has 0 radical (unpaired) electrons. The predicted octanol–water partition coefficient (Wildman–Crippen LogP) is 7.37. The minimum absolute atomic E-state index is 0.00512. The van der Waals surface area contributed by atoms with Crippen LogP contribution < -0.4 is 34.2 Å². The van der Waals surface area contributed by atoms with Crippen molar-refractivity contribution in [2.24, 2.45) is 11.3 Å². The molecule has 1 aliphatic carbocycles. The Bertz CT molecular complexity index is 3490. The summed E-state index contributed by atoms with van der Waals surface area (Å²) in [6.45, 7) is 12.7. The number of nitro groups is 1. The predicted molar refractivity (Wildman–Crippen MR) is 313 cm³/mol. The van der Waals surface area contributed by atoms with Gasteiger partial charge in [-0.25, -0.2) is 23.1 Å². The van der Waals surface area contributed by atoms with Crippen LogP contribution >= 0.6 is 0 Å². The number of sulfonamides is 1. The Morgan fingerprint density at radius 3 is 2.47 bits per heavy atom. The molecule has 0 bridgehead atoms. The fourth-order valence-corrected chi connectivity index (χ4v) is 14.8. The van der Waals surface area contributed by atoms with Gasteiger partial charge in [0.2, 0.25) is 5.88 Å². The summed E-state index contributed by atoms with van der Waals surface area (Å²) in [6, 6.07) is 20.8. The minimum atomic E-state index is -4.65. The SMILES string of the molecule is COc1cc(CN2CCN(C3CC4(CCN(c5cc(N6c7cc8cc[nH]c8nc7O[C@H]7COCC[C@@H]76)c(C(=O)NS(=O)(=O)c6ccc(NCC7CCOCC7)c([N+](=O)[O-])c6)cn5)CC4)C3)[C@H](c3ccccc3C)C2)cnc1N1CCOCC1. The number of carbonyl (C=O) groups is 1. The van der Waals surface area contributed by atoms with E-state index in [4.69, 9.17) is 38.6 Å². The molecule has 3 N–H and O–H groups in total. The lowest BCUT2D eigenvalue weighted by Crippen LogP contribution is -2.60.